The zero-order chi connectivity index (χ0) is 25.1. The number of carboxylic acids is 1. The van der Waals surface area contributed by atoms with Crippen LogP contribution >= 0.6 is 8.58 Å². The van der Waals surface area contributed by atoms with Crippen molar-refractivity contribution in [3.63, 3.8) is 0 Å². The summed E-state index contributed by atoms with van der Waals surface area (Å²) in [5, 5.41) is 10.9. The first-order valence-corrected chi connectivity index (χ1v) is 13.6. The molecule has 3 N–H and O–H groups in total. The Hall–Kier alpha value is -2.88. The maximum atomic E-state index is 11.9. The van der Waals surface area contributed by atoms with Crippen molar-refractivity contribution in [2.45, 2.75) is 52.3 Å². The van der Waals surface area contributed by atoms with Crippen molar-refractivity contribution in [2.75, 3.05) is 18.9 Å². The van der Waals surface area contributed by atoms with E-state index in [0.29, 0.717) is 8.58 Å². The fourth-order valence-electron chi connectivity index (χ4n) is 5.04. The molecule has 1 aliphatic rings. The van der Waals surface area contributed by atoms with E-state index in [2.05, 4.69) is 67.9 Å². The SMILES string of the molecule is CPc1ccc(C(CC(=O)O)c2ccc(C)c(CN3Cc4ccccc4OC(C)C3)c2)c(C)c1N. The zero-order valence-corrected chi connectivity index (χ0v) is 22.0. The highest BCUT2D eigenvalue weighted by Crippen LogP contribution is 2.35. The molecule has 1 heterocycles. The van der Waals surface area contributed by atoms with Gasteiger partial charge in [-0.25, -0.2) is 0 Å². The number of rotatable bonds is 7. The molecule has 4 rings (SSSR count). The standard InChI is InChI=1S/C29H35N2O3P/c1-18-9-10-21(25(14-28(32)33)24-11-12-27(35-4)29(30)20(24)3)13-23(18)17-31-15-19(2)34-26-8-6-5-7-22(26)16-31/h5-13,19,25,35H,14-17,30H2,1-4H3,(H,32,33). The van der Waals surface area contributed by atoms with E-state index in [1.807, 2.05) is 19.1 Å². The highest BCUT2D eigenvalue weighted by Gasteiger charge is 2.24. The van der Waals surface area contributed by atoms with Crippen molar-refractivity contribution in [2.24, 2.45) is 0 Å². The molecule has 3 unspecified atom stereocenters. The minimum atomic E-state index is -0.813. The Kier molecular flexibility index (Phi) is 7.78. The van der Waals surface area contributed by atoms with E-state index in [1.165, 1.54) is 16.7 Å². The largest absolute Gasteiger partial charge is 0.489 e. The van der Waals surface area contributed by atoms with Gasteiger partial charge in [-0.1, -0.05) is 57.1 Å². The van der Waals surface area contributed by atoms with Gasteiger partial charge < -0.3 is 15.6 Å². The smallest absolute Gasteiger partial charge is 0.304 e. The summed E-state index contributed by atoms with van der Waals surface area (Å²) in [6.45, 7) is 10.8. The molecular weight excluding hydrogens is 455 g/mol. The number of aliphatic carboxylic acids is 1. The fourth-order valence-corrected chi connectivity index (χ4v) is 5.74. The van der Waals surface area contributed by atoms with Gasteiger partial charge in [0.25, 0.3) is 0 Å². The summed E-state index contributed by atoms with van der Waals surface area (Å²) < 4.78 is 6.14. The molecule has 3 aromatic rings. The molecule has 3 aromatic carbocycles. The molecule has 0 fully saturated rings. The minimum Gasteiger partial charge on any atom is -0.489 e. The lowest BCUT2D eigenvalue weighted by molar-refractivity contribution is -0.137. The Balaban J connectivity index is 1.68. The average molecular weight is 491 g/mol. The van der Waals surface area contributed by atoms with Gasteiger partial charge in [-0.05, 0) is 66.6 Å². The van der Waals surface area contributed by atoms with E-state index < -0.39 is 5.97 Å². The fraction of sp³-hybridized carbons (Fsp3) is 0.345. The molecule has 6 heteroatoms. The molecule has 0 aromatic heterocycles. The predicted octanol–water partition coefficient (Wildman–Crippen LogP) is 5.21. The number of anilines is 1. The summed E-state index contributed by atoms with van der Waals surface area (Å²) in [4.78, 5) is 14.3. The summed E-state index contributed by atoms with van der Waals surface area (Å²) in [5.41, 5.74) is 13.8. The van der Waals surface area contributed by atoms with Crippen LogP contribution in [0.15, 0.2) is 54.6 Å². The van der Waals surface area contributed by atoms with Crippen LogP contribution in [-0.2, 0) is 17.9 Å². The molecule has 0 bridgehead atoms. The summed E-state index contributed by atoms with van der Waals surface area (Å²) in [6, 6.07) is 18.7. The van der Waals surface area contributed by atoms with E-state index in [-0.39, 0.29) is 18.4 Å². The van der Waals surface area contributed by atoms with Crippen molar-refractivity contribution in [1.82, 2.24) is 4.90 Å². The molecular formula is C29H35N2O3P. The van der Waals surface area contributed by atoms with Crippen LogP contribution in [0.4, 0.5) is 5.69 Å². The number of hydrogen-bond acceptors (Lipinski definition) is 4. The Labute approximate surface area is 210 Å². The van der Waals surface area contributed by atoms with Crippen molar-refractivity contribution in [3.05, 3.63) is 88.0 Å². The number of ether oxygens (including phenoxy) is 1. The van der Waals surface area contributed by atoms with Crippen LogP contribution in [0.3, 0.4) is 0 Å². The molecule has 184 valence electrons. The number of nitrogens with zero attached hydrogens (tertiary/aromatic N) is 1. The normalized spacial score (nSPS) is 17.1. The van der Waals surface area contributed by atoms with Gasteiger partial charge >= 0.3 is 5.97 Å². The van der Waals surface area contributed by atoms with Crippen LogP contribution in [0.1, 0.15) is 52.6 Å². The molecule has 0 spiro atoms. The molecule has 1 aliphatic heterocycles. The zero-order valence-electron chi connectivity index (χ0n) is 21.0. The summed E-state index contributed by atoms with van der Waals surface area (Å²) in [5.74, 6) is -0.110. The molecule has 0 aliphatic carbocycles. The molecule has 3 atom stereocenters. The third-order valence-electron chi connectivity index (χ3n) is 6.96. The average Bonchev–Trinajstić information content (AvgIpc) is 2.98. The Bertz CT molecular complexity index is 1230. The van der Waals surface area contributed by atoms with E-state index >= 15 is 0 Å². The number of carbonyl (C=O) groups is 1. The van der Waals surface area contributed by atoms with Gasteiger partial charge in [0.05, 0.1) is 6.42 Å². The van der Waals surface area contributed by atoms with Crippen molar-refractivity contribution < 1.29 is 14.6 Å². The number of hydrogen-bond donors (Lipinski definition) is 2. The quantitative estimate of drug-likeness (QED) is 0.351. The van der Waals surface area contributed by atoms with E-state index in [9.17, 15) is 9.90 Å². The van der Waals surface area contributed by atoms with Crippen molar-refractivity contribution >= 4 is 25.5 Å². The maximum Gasteiger partial charge on any atom is 0.304 e. The molecule has 0 saturated heterocycles. The van der Waals surface area contributed by atoms with Gasteiger partial charge in [-0.3, -0.25) is 9.69 Å². The van der Waals surface area contributed by atoms with Gasteiger partial charge in [0.1, 0.15) is 11.9 Å². The number of nitrogens with two attached hydrogens (primary N) is 1. The number of nitrogen functional groups attached to an aromatic ring is 1. The first-order valence-electron chi connectivity index (χ1n) is 12.1. The lowest BCUT2D eigenvalue weighted by atomic mass is 9.84. The molecule has 0 radical (unpaired) electrons. The van der Waals surface area contributed by atoms with E-state index in [1.54, 1.807) is 0 Å². The van der Waals surface area contributed by atoms with Crippen molar-refractivity contribution in [3.8, 4) is 5.75 Å². The minimum absolute atomic E-state index is 0.0263. The first kappa shape index (κ1) is 25.2. The number of carboxylic acid groups (broad SMARTS) is 1. The molecule has 5 nitrogen and oxygen atoms in total. The van der Waals surface area contributed by atoms with Gasteiger partial charge in [-0.2, -0.15) is 0 Å². The number of benzene rings is 3. The van der Waals surface area contributed by atoms with Crippen LogP contribution in [0, 0.1) is 13.8 Å². The highest BCUT2D eigenvalue weighted by molar-refractivity contribution is 7.46. The summed E-state index contributed by atoms with van der Waals surface area (Å²) in [7, 11) is 0.603. The summed E-state index contributed by atoms with van der Waals surface area (Å²) >= 11 is 0. The molecule has 0 saturated carbocycles. The second-order valence-corrected chi connectivity index (χ2v) is 10.6. The second kappa shape index (κ2) is 10.8. The second-order valence-electron chi connectivity index (χ2n) is 9.53. The van der Waals surface area contributed by atoms with Gasteiger partial charge in [0.2, 0.25) is 0 Å². The monoisotopic (exact) mass is 490 g/mol. The van der Waals surface area contributed by atoms with Gasteiger partial charge in [-0.15, -0.1) is 0 Å². The predicted molar refractivity (Wildman–Crippen MR) is 145 cm³/mol. The molecule has 0 amide bonds. The van der Waals surface area contributed by atoms with E-state index in [4.69, 9.17) is 10.5 Å². The Morgan fingerprint density at radius 3 is 2.71 bits per heavy atom. The lowest BCUT2D eigenvalue weighted by Crippen LogP contribution is -2.30. The Morgan fingerprint density at radius 2 is 1.97 bits per heavy atom. The van der Waals surface area contributed by atoms with Crippen LogP contribution in [0.25, 0.3) is 0 Å². The number of fused-ring (bicyclic) bond motifs is 1. The topological polar surface area (TPSA) is 75.8 Å². The third-order valence-corrected chi connectivity index (χ3v) is 7.93. The van der Waals surface area contributed by atoms with Crippen LogP contribution in [-0.4, -0.2) is 35.3 Å². The Morgan fingerprint density at radius 1 is 1.20 bits per heavy atom. The molecule has 35 heavy (non-hydrogen) atoms. The number of aryl methyl sites for hydroxylation is 1. The maximum absolute atomic E-state index is 11.9. The highest BCUT2D eigenvalue weighted by atomic mass is 31.1. The van der Waals surface area contributed by atoms with Crippen LogP contribution in [0.2, 0.25) is 0 Å². The first-order chi connectivity index (χ1) is 16.8. The van der Waals surface area contributed by atoms with Crippen LogP contribution in [0.5, 0.6) is 5.75 Å². The van der Waals surface area contributed by atoms with Gasteiger partial charge in [0.15, 0.2) is 0 Å². The number of para-hydroxylation sites is 1. The summed E-state index contributed by atoms with van der Waals surface area (Å²) in [6.07, 6.45) is 0.115. The van der Waals surface area contributed by atoms with Crippen LogP contribution < -0.4 is 15.8 Å². The van der Waals surface area contributed by atoms with Gasteiger partial charge in [0, 0.05) is 36.8 Å². The third kappa shape index (κ3) is 5.69. The van der Waals surface area contributed by atoms with Crippen molar-refractivity contribution in [1.29, 1.82) is 0 Å². The lowest BCUT2D eigenvalue weighted by Gasteiger charge is -2.25. The van der Waals surface area contributed by atoms with E-state index in [0.717, 1.165) is 53.1 Å².